The molecule has 4 rings (SSSR count). The highest BCUT2D eigenvalue weighted by Gasteiger charge is 2.16. The normalized spacial score (nSPS) is 11.1. The van der Waals surface area contributed by atoms with Gasteiger partial charge in [0, 0.05) is 22.9 Å². The van der Waals surface area contributed by atoms with E-state index in [1.54, 1.807) is 32.2 Å². The number of carbonyl (C=O) groups is 1. The molecule has 0 spiro atoms. The second kappa shape index (κ2) is 10.7. The van der Waals surface area contributed by atoms with E-state index in [4.69, 9.17) is 13.9 Å². The number of methoxy groups -OCH3 is 1. The van der Waals surface area contributed by atoms with E-state index in [9.17, 15) is 9.59 Å². The standard InChI is InChI=1S/C28H26N2O5/c1-18-23-13-14-25(34-17-26(31)30-29-16-21-9-11-22(33-3)12-10-21)19(2)27(23)35-28(32)24(18)15-20-7-5-4-6-8-20/h4-14,16H,15,17H2,1-3H3,(H,30,31)/b29-16+. The Morgan fingerprint density at radius 1 is 1.00 bits per heavy atom. The first kappa shape index (κ1) is 23.8. The van der Waals surface area contributed by atoms with E-state index < -0.39 is 5.91 Å². The largest absolute Gasteiger partial charge is 0.497 e. The Morgan fingerprint density at radius 3 is 2.46 bits per heavy atom. The van der Waals surface area contributed by atoms with Crippen LogP contribution in [0.2, 0.25) is 0 Å². The van der Waals surface area contributed by atoms with Crippen LogP contribution in [0.25, 0.3) is 11.0 Å². The molecular weight excluding hydrogens is 444 g/mol. The average Bonchev–Trinajstić information content (AvgIpc) is 2.87. The molecule has 1 aromatic heterocycles. The summed E-state index contributed by atoms with van der Waals surface area (Å²) in [6.07, 6.45) is 2.03. The molecule has 0 atom stereocenters. The van der Waals surface area contributed by atoms with Gasteiger partial charge in [-0.1, -0.05) is 30.3 Å². The highest BCUT2D eigenvalue weighted by atomic mass is 16.5. The van der Waals surface area contributed by atoms with Gasteiger partial charge in [0.05, 0.1) is 13.3 Å². The van der Waals surface area contributed by atoms with Crippen LogP contribution in [0.4, 0.5) is 0 Å². The summed E-state index contributed by atoms with van der Waals surface area (Å²) in [7, 11) is 1.60. The molecule has 1 N–H and O–H groups in total. The van der Waals surface area contributed by atoms with Crippen molar-refractivity contribution >= 4 is 23.1 Å². The number of rotatable bonds is 8. The zero-order valence-corrected chi connectivity index (χ0v) is 19.8. The Labute approximate surface area is 203 Å². The molecule has 1 heterocycles. The van der Waals surface area contributed by atoms with E-state index in [-0.39, 0.29) is 12.2 Å². The summed E-state index contributed by atoms with van der Waals surface area (Å²) in [5.41, 5.74) is 6.54. The molecule has 7 heteroatoms. The van der Waals surface area contributed by atoms with Crippen molar-refractivity contribution in [3.8, 4) is 11.5 Å². The molecule has 0 saturated heterocycles. The van der Waals surface area contributed by atoms with Gasteiger partial charge in [-0.15, -0.1) is 0 Å². The number of hydrogen-bond acceptors (Lipinski definition) is 6. The summed E-state index contributed by atoms with van der Waals surface area (Å²) < 4.78 is 16.5. The Hall–Kier alpha value is -4.39. The monoisotopic (exact) mass is 470 g/mol. The second-order valence-electron chi connectivity index (χ2n) is 8.08. The fourth-order valence-corrected chi connectivity index (χ4v) is 3.78. The van der Waals surface area contributed by atoms with E-state index in [1.165, 1.54) is 6.21 Å². The number of aryl methyl sites for hydroxylation is 2. The van der Waals surface area contributed by atoms with Crippen molar-refractivity contribution in [3.05, 3.63) is 105 Å². The Balaban J connectivity index is 1.44. The van der Waals surface area contributed by atoms with Crippen LogP contribution >= 0.6 is 0 Å². The topological polar surface area (TPSA) is 90.1 Å². The van der Waals surface area contributed by atoms with Gasteiger partial charge in [-0.25, -0.2) is 10.2 Å². The van der Waals surface area contributed by atoms with Crippen molar-refractivity contribution in [1.29, 1.82) is 0 Å². The summed E-state index contributed by atoms with van der Waals surface area (Å²) in [6, 6.07) is 20.7. The summed E-state index contributed by atoms with van der Waals surface area (Å²) in [4.78, 5) is 24.9. The molecule has 4 aromatic rings. The third kappa shape index (κ3) is 5.58. The molecule has 0 aliphatic heterocycles. The van der Waals surface area contributed by atoms with Crippen molar-refractivity contribution in [3.63, 3.8) is 0 Å². The van der Waals surface area contributed by atoms with Gasteiger partial charge in [0.25, 0.3) is 5.91 Å². The lowest BCUT2D eigenvalue weighted by molar-refractivity contribution is -0.123. The van der Waals surface area contributed by atoms with Gasteiger partial charge in [0.15, 0.2) is 6.61 Å². The van der Waals surface area contributed by atoms with E-state index in [0.29, 0.717) is 28.9 Å². The molecule has 0 fully saturated rings. The van der Waals surface area contributed by atoms with Gasteiger partial charge >= 0.3 is 5.63 Å². The van der Waals surface area contributed by atoms with Crippen molar-refractivity contribution in [2.45, 2.75) is 20.3 Å². The lowest BCUT2D eigenvalue weighted by Gasteiger charge is -2.13. The number of nitrogens with zero attached hydrogens (tertiary/aromatic N) is 1. The number of carbonyl (C=O) groups excluding carboxylic acids is 1. The first-order valence-corrected chi connectivity index (χ1v) is 11.1. The van der Waals surface area contributed by atoms with Crippen molar-refractivity contribution < 1.29 is 18.7 Å². The number of ether oxygens (including phenoxy) is 2. The molecule has 0 saturated carbocycles. The maximum atomic E-state index is 12.8. The van der Waals surface area contributed by atoms with E-state index >= 15 is 0 Å². The number of benzene rings is 3. The Morgan fingerprint density at radius 2 is 1.74 bits per heavy atom. The minimum absolute atomic E-state index is 0.235. The third-order valence-corrected chi connectivity index (χ3v) is 5.76. The highest BCUT2D eigenvalue weighted by Crippen LogP contribution is 2.30. The molecule has 0 unspecified atom stereocenters. The van der Waals surface area contributed by atoms with Crippen molar-refractivity contribution in [1.82, 2.24) is 5.43 Å². The average molecular weight is 471 g/mol. The quantitative estimate of drug-likeness (QED) is 0.232. The highest BCUT2D eigenvalue weighted by molar-refractivity contribution is 5.86. The molecule has 0 bridgehead atoms. The fourth-order valence-electron chi connectivity index (χ4n) is 3.78. The van der Waals surface area contributed by atoms with Gasteiger partial charge < -0.3 is 13.9 Å². The zero-order chi connectivity index (χ0) is 24.8. The lowest BCUT2D eigenvalue weighted by atomic mass is 9.98. The summed E-state index contributed by atoms with van der Waals surface area (Å²) in [5, 5.41) is 4.79. The molecule has 35 heavy (non-hydrogen) atoms. The minimum Gasteiger partial charge on any atom is -0.497 e. The molecule has 0 radical (unpaired) electrons. The maximum absolute atomic E-state index is 12.8. The van der Waals surface area contributed by atoms with Gasteiger partial charge in [0.1, 0.15) is 17.1 Å². The predicted molar refractivity (Wildman–Crippen MR) is 135 cm³/mol. The van der Waals surface area contributed by atoms with Crippen molar-refractivity contribution in [2.24, 2.45) is 5.10 Å². The van der Waals surface area contributed by atoms with Crippen LogP contribution in [0.15, 0.2) is 81.0 Å². The smallest absolute Gasteiger partial charge is 0.340 e. The molecule has 1 amide bonds. The first-order chi connectivity index (χ1) is 17.0. The van der Waals surface area contributed by atoms with Crippen LogP contribution < -0.4 is 20.5 Å². The van der Waals surface area contributed by atoms with Crippen LogP contribution in [0, 0.1) is 13.8 Å². The molecular formula is C28H26N2O5. The number of amides is 1. The van der Waals surface area contributed by atoms with Crippen LogP contribution in [-0.4, -0.2) is 25.8 Å². The minimum atomic E-state index is -0.412. The summed E-state index contributed by atoms with van der Waals surface area (Å²) in [5.74, 6) is 0.791. The number of fused-ring (bicyclic) bond motifs is 1. The van der Waals surface area contributed by atoms with Crippen LogP contribution in [0.1, 0.15) is 27.8 Å². The van der Waals surface area contributed by atoms with Gasteiger partial charge in [0.2, 0.25) is 0 Å². The molecule has 178 valence electrons. The maximum Gasteiger partial charge on any atom is 0.340 e. The third-order valence-electron chi connectivity index (χ3n) is 5.76. The molecule has 0 aliphatic carbocycles. The lowest BCUT2D eigenvalue weighted by Crippen LogP contribution is -2.24. The van der Waals surface area contributed by atoms with Crippen LogP contribution in [0.3, 0.4) is 0 Å². The van der Waals surface area contributed by atoms with Crippen LogP contribution in [0.5, 0.6) is 11.5 Å². The van der Waals surface area contributed by atoms with Gasteiger partial charge in [-0.3, -0.25) is 4.79 Å². The van der Waals surface area contributed by atoms with E-state index in [2.05, 4.69) is 10.5 Å². The van der Waals surface area contributed by atoms with E-state index in [0.717, 1.165) is 27.8 Å². The second-order valence-corrected chi connectivity index (χ2v) is 8.08. The number of hydrazone groups is 1. The number of nitrogens with one attached hydrogen (secondary N) is 1. The van der Waals surface area contributed by atoms with E-state index in [1.807, 2.05) is 55.5 Å². The van der Waals surface area contributed by atoms with Gasteiger partial charge in [-0.05, 0) is 66.9 Å². The molecule has 0 aliphatic rings. The zero-order valence-electron chi connectivity index (χ0n) is 19.8. The predicted octanol–water partition coefficient (Wildman–Crippen LogP) is 4.54. The van der Waals surface area contributed by atoms with Crippen LogP contribution in [-0.2, 0) is 11.2 Å². The number of hydrogen-bond donors (Lipinski definition) is 1. The molecule has 7 nitrogen and oxygen atoms in total. The fraction of sp³-hybridized carbons (Fsp3) is 0.179. The van der Waals surface area contributed by atoms with Gasteiger partial charge in [-0.2, -0.15) is 5.10 Å². The SMILES string of the molecule is COc1ccc(/C=N/NC(=O)COc2ccc3c(C)c(Cc4ccccc4)c(=O)oc3c2C)cc1. The summed E-state index contributed by atoms with van der Waals surface area (Å²) >= 11 is 0. The molecule has 3 aromatic carbocycles. The Kier molecular flexibility index (Phi) is 7.26. The summed E-state index contributed by atoms with van der Waals surface area (Å²) in [6.45, 7) is 3.49. The Bertz CT molecular complexity index is 1420. The van der Waals surface area contributed by atoms with Crippen molar-refractivity contribution in [2.75, 3.05) is 13.7 Å². The first-order valence-electron chi connectivity index (χ1n) is 11.1.